The summed E-state index contributed by atoms with van der Waals surface area (Å²) in [6, 6.07) is 18.6. The van der Waals surface area contributed by atoms with Crippen LogP contribution in [-0.2, 0) is 26.2 Å². The summed E-state index contributed by atoms with van der Waals surface area (Å²) in [5.41, 5.74) is 3.84. The second-order valence-corrected chi connectivity index (χ2v) is 12.4. The van der Waals surface area contributed by atoms with Gasteiger partial charge in [0.15, 0.2) is 0 Å². The predicted octanol–water partition coefficient (Wildman–Crippen LogP) is 5.51. The van der Waals surface area contributed by atoms with Crippen molar-refractivity contribution in [3.63, 3.8) is 0 Å². The summed E-state index contributed by atoms with van der Waals surface area (Å²) in [7, 11) is -4.10. The van der Waals surface area contributed by atoms with Crippen LogP contribution >= 0.6 is 15.9 Å². The molecule has 0 bridgehead atoms. The van der Waals surface area contributed by atoms with Crippen LogP contribution in [0.4, 0.5) is 5.69 Å². The number of amides is 2. The maximum atomic E-state index is 14.0. The van der Waals surface area contributed by atoms with Crippen LogP contribution in [0.2, 0.25) is 0 Å². The van der Waals surface area contributed by atoms with Gasteiger partial charge in [-0.2, -0.15) is 0 Å². The number of benzene rings is 3. The van der Waals surface area contributed by atoms with Gasteiger partial charge in [-0.3, -0.25) is 13.9 Å². The van der Waals surface area contributed by atoms with Gasteiger partial charge in [0, 0.05) is 17.6 Å². The van der Waals surface area contributed by atoms with E-state index in [0.717, 1.165) is 37.5 Å². The number of hydrogen-bond donors (Lipinski definition) is 1. The first-order chi connectivity index (χ1) is 18.4. The largest absolute Gasteiger partial charge is 0.354 e. The first kappa shape index (κ1) is 30.4. The molecule has 0 aromatic heterocycles. The minimum absolute atomic E-state index is 0.0926. The molecule has 0 spiro atoms. The lowest BCUT2D eigenvalue weighted by Gasteiger charge is -2.32. The van der Waals surface area contributed by atoms with Crippen LogP contribution in [0.1, 0.15) is 42.5 Å². The summed E-state index contributed by atoms with van der Waals surface area (Å²) in [6.07, 6.45) is 0.758. The van der Waals surface area contributed by atoms with Crippen molar-refractivity contribution in [2.45, 2.75) is 58.5 Å². The highest BCUT2D eigenvalue weighted by molar-refractivity contribution is 9.10. The van der Waals surface area contributed by atoms with Crippen LogP contribution in [0.25, 0.3) is 0 Å². The third kappa shape index (κ3) is 7.48. The van der Waals surface area contributed by atoms with Crippen molar-refractivity contribution in [2.75, 3.05) is 17.4 Å². The Hall–Kier alpha value is -3.17. The van der Waals surface area contributed by atoms with E-state index in [0.29, 0.717) is 12.2 Å². The van der Waals surface area contributed by atoms with Crippen LogP contribution in [-0.4, -0.2) is 44.3 Å². The van der Waals surface area contributed by atoms with Gasteiger partial charge in [0.25, 0.3) is 10.0 Å². The number of halogens is 1. The van der Waals surface area contributed by atoms with Gasteiger partial charge in [0.1, 0.15) is 12.6 Å². The molecular weight excluding hydrogens is 578 g/mol. The minimum atomic E-state index is -4.10. The van der Waals surface area contributed by atoms with Crippen molar-refractivity contribution in [3.8, 4) is 0 Å². The topological polar surface area (TPSA) is 86.8 Å². The molecule has 0 unspecified atom stereocenters. The fraction of sp³-hybridized carbons (Fsp3) is 0.333. The zero-order valence-electron chi connectivity index (χ0n) is 23.1. The lowest BCUT2D eigenvalue weighted by Crippen LogP contribution is -2.51. The number of nitrogens with zero attached hydrogens (tertiary/aromatic N) is 2. The quantitative estimate of drug-likeness (QED) is 0.309. The molecule has 7 nitrogen and oxygen atoms in total. The summed E-state index contributed by atoms with van der Waals surface area (Å²) < 4.78 is 30.0. The molecule has 39 heavy (non-hydrogen) atoms. The Morgan fingerprint density at radius 1 is 0.949 bits per heavy atom. The third-order valence-corrected chi connectivity index (χ3v) is 9.02. The smallest absolute Gasteiger partial charge is 0.264 e. The average Bonchev–Trinajstić information content (AvgIpc) is 2.91. The molecule has 208 valence electrons. The van der Waals surface area contributed by atoms with Gasteiger partial charge in [0.05, 0.1) is 10.6 Å². The highest BCUT2D eigenvalue weighted by Gasteiger charge is 2.33. The second-order valence-electron chi connectivity index (χ2n) is 9.66. The highest BCUT2D eigenvalue weighted by Crippen LogP contribution is 2.29. The van der Waals surface area contributed by atoms with Gasteiger partial charge >= 0.3 is 0 Å². The molecule has 0 aliphatic heterocycles. The Balaban J connectivity index is 2.05. The van der Waals surface area contributed by atoms with Gasteiger partial charge in [-0.1, -0.05) is 64.8 Å². The number of anilines is 1. The molecule has 1 atom stereocenters. The summed E-state index contributed by atoms with van der Waals surface area (Å²) in [5, 5.41) is 2.85. The normalized spacial score (nSPS) is 12.1. The Morgan fingerprint density at radius 2 is 1.59 bits per heavy atom. The SMILES string of the molecule is CCCNC(=O)[C@@H](C)N(Cc1ccc(Br)cc1)C(=O)CN(c1cccc(C)c1C)S(=O)(=O)c1ccc(C)cc1. The summed E-state index contributed by atoms with van der Waals surface area (Å²) in [6.45, 7) is 9.42. The first-order valence-electron chi connectivity index (χ1n) is 12.9. The summed E-state index contributed by atoms with van der Waals surface area (Å²) in [5.74, 6) is -0.768. The van der Waals surface area contributed by atoms with Gasteiger partial charge in [0.2, 0.25) is 11.8 Å². The van der Waals surface area contributed by atoms with Crippen LogP contribution in [0.15, 0.2) is 76.1 Å². The molecule has 9 heteroatoms. The number of carbonyl (C=O) groups excluding carboxylic acids is 2. The van der Waals surface area contributed by atoms with Crippen molar-refractivity contribution in [1.29, 1.82) is 0 Å². The van der Waals surface area contributed by atoms with Crippen molar-refractivity contribution in [3.05, 3.63) is 93.5 Å². The van der Waals surface area contributed by atoms with E-state index in [2.05, 4.69) is 21.2 Å². The standard InChI is InChI=1S/C30H36BrN3O4S/c1-6-18-32-30(36)24(5)33(19-25-12-14-26(31)15-13-25)29(35)20-34(28-9-7-8-22(3)23(28)4)39(37,38)27-16-10-21(2)11-17-27/h7-17,24H,6,18-20H2,1-5H3,(H,32,36)/t24-/m1/s1. The molecule has 0 saturated heterocycles. The van der Waals surface area contributed by atoms with E-state index in [4.69, 9.17) is 0 Å². The average molecular weight is 615 g/mol. The van der Waals surface area contributed by atoms with Crippen LogP contribution in [0, 0.1) is 20.8 Å². The van der Waals surface area contributed by atoms with Crippen molar-refractivity contribution >= 4 is 43.5 Å². The Bertz CT molecular complexity index is 1410. The number of nitrogens with one attached hydrogen (secondary N) is 1. The van der Waals surface area contributed by atoms with Crippen LogP contribution < -0.4 is 9.62 Å². The van der Waals surface area contributed by atoms with Crippen molar-refractivity contribution in [1.82, 2.24) is 10.2 Å². The Morgan fingerprint density at radius 3 is 2.21 bits per heavy atom. The fourth-order valence-corrected chi connectivity index (χ4v) is 5.86. The van der Waals surface area contributed by atoms with Gasteiger partial charge in [-0.15, -0.1) is 0 Å². The molecule has 0 radical (unpaired) electrons. The van der Waals surface area contributed by atoms with E-state index in [9.17, 15) is 18.0 Å². The molecule has 3 rings (SSSR count). The fourth-order valence-electron chi connectivity index (χ4n) is 4.12. The van der Waals surface area contributed by atoms with Crippen LogP contribution in [0.5, 0.6) is 0 Å². The second kappa shape index (κ2) is 13.3. The molecule has 0 saturated carbocycles. The zero-order chi connectivity index (χ0) is 28.7. The molecule has 1 N–H and O–H groups in total. The lowest BCUT2D eigenvalue weighted by molar-refractivity contribution is -0.139. The molecule has 3 aromatic rings. The molecule has 0 aliphatic carbocycles. The first-order valence-corrected chi connectivity index (χ1v) is 15.2. The summed E-state index contributed by atoms with van der Waals surface area (Å²) in [4.78, 5) is 28.5. The molecule has 3 aromatic carbocycles. The zero-order valence-corrected chi connectivity index (χ0v) is 25.5. The lowest BCUT2D eigenvalue weighted by atomic mass is 10.1. The number of hydrogen-bond acceptors (Lipinski definition) is 4. The van der Waals surface area contributed by atoms with E-state index in [-0.39, 0.29) is 17.3 Å². The maximum Gasteiger partial charge on any atom is 0.264 e. The van der Waals surface area contributed by atoms with E-state index < -0.39 is 28.5 Å². The minimum Gasteiger partial charge on any atom is -0.354 e. The number of rotatable bonds is 11. The Labute approximate surface area is 240 Å². The van der Waals surface area contributed by atoms with E-state index in [1.165, 1.54) is 4.90 Å². The van der Waals surface area contributed by atoms with E-state index >= 15 is 0 Å². The molecule has 0 fully saturated rings. The van der Waals surface area contributed by atoms with E-state index in [1.54, 1.807) is 43.3 Å². The number of carbonyl (C=O) groups is 2. The van der Waals surface area contributed by atoms with Gasteiger partial charge in [-0.25, -0.2) is 8.42 Å². The highest BCUT2D eigenvalue weighted by atomic mass is 79.9. The monoisotopic (exact) mass is 613 g/mol. The molecule has 0 aliphatic rings. The number of sulfonamides is 1. The maximum absolute atomic E-state index is 14.0. The number of aryl methyl sites for hydroxylation is 2. The van der Waals surface area contributed by atoms with Crippen molar-refractivity contribution in [2.24, 2.45) is 0 Å². The third-order valence-electron chi connectivity index (χ3n) is 6.72. The summed E-state index contributed by atoms with van der Waals surface area (Å²) >= 11 is 3.42. The van der Waals surface area contributed by atoms with Gasteiger partial charge in [-0.05, 0) is 81.1 Å². The van der Waals surface area contributed by atoms with Crippen LogP contribution in [0.3, 0.4) is 0 Å². The molecular formula is C30H36BrN3O4S. The van der Waals surface area contributed by atoms with Crippen molar-refractivity contribution < 1.29 is 18.0 Å². The Kier molecular flexibility index (Phi) is 10.3. The molecule has 2 amide bonds. The van der Waals surface area contributed by atoms with Gasteiger partial charge < -0.3 is 10.2 Å². The van der Waals surface area contributed by atoms with E-state index in [1.807, 2.05) is 58.0 Å². The predicted molar refractivity (Wildman–Crippen MR) is 159 cm³/mol. The molecule has 0 heterocycles.